The molecule has 1 aliphatic carbocycles. The van der Waals surface area contributed by atoms with Gasteiger partial charge in [-0.15, -0.1) is 0 Å². The Morgan fingerprint density at radius 1 is 1.03 bits per heavy atom. The van der Waals surface area contributed by atoms with Crippen molar-refractivity contribution in [1.29, 1.82) is 0 Å². The third-order valence-electron chi connectivity index (χ3n) is 6.03. The van der Waals surface area contributed by atoms with Gasteiger partial charge < -0.3 is 15.2 Å². The van der Waals surface area contributed by atoms with Crippen LogP contribution in [0.15, 0.2) is 63.3 Å². The molecule has 2 aromatic rings. The molecule has 0 aliphatic heterocycles. The molecular formula is C26H30N4O7S. The van der Waals surface area contributed by atoms with Gasteiger partial charge in [-0.1, -0.05) is 38.0 Å². The van der Waals surface area contributed by atoms with Crippen LogP contribution in [0.2, 0.25) is 0 Å². The summed E-state index contributed by atoms with van der Waals surface area (Å²) in [6.07, 6.45) is 1.64. The smallest absolute Gasteiger partial charge is 0.413 e. The normalized spacial score (nSPS) is 18.1. The summed E-state index contributed by atoms with van der Waals surface area (Å²) >= 11 is 0. The predicted molar refractivity (Wildman–Crippen MR) is 140 cm³/mol. The van der Waals surface area contributed by atoms with Crippen LogP contribution >= 0.6 is 0 Å². The first-order valence-electron chi connectivity index (χ1n) is 12.1. The number of aliphatic carboxylic acids is 1. The van der Waals surface area contributed by atoms with Gasteiger partial charge in [0.25, 0.3) is 0 Å². The van der Waals surface area contributed by atoms with E-state index in [-0.39, 0.29) is 28.7 Å². The van der Waals surface area contributed by atoms with Crippen molar-refractivity contribution in [1.82, 2.24) is 10.6 Å². The van der Waals surface area contributed by atoms with E-state index in [0.717, 1.165) is 20.0 Å². The Kier molecular flexibility index (Phi) is 10.1. The SMILES string of the molecule is CCC(=O)NC(=Nc1ccc(NC(=O)C2CCCCC2C(=O)O)c(S(=O)c2ccccc2)c1)NC(=O)OC. The van der Waals surface area contributed by atoms with Gasteiger partial charge in [-0.3, -0.25) is 25.0 Å². The summed E-state index contributed by atoms with van der Waals surface area (Å²) in [6, 6.07) is 13.1. The number of hydrogen-bond acceptors (Lipinski definition) is 7. The quantitative estimate of drug-likeness (QED) is 0.307. The van der Waals surface area contributed by atoms with Crippen LogP contribution in [0, 0.1) is 11.8 Å². The van der Waals surface area contributed by atoms with Crippen LogP contribution < -0.4 is 16.0 Å². The molecule has 1 fully saturated rings. The van der Waals surface area contributed by atoms with Gasteiger partial charge in [0.05, 0.1) is 46.0 Å². The summed E-state index contributed by atoms with van der Waals surface area (Å²) in [4.78, 5) is 53.5. The molecule has 2 aromatic carbocycles. The molecular weight excluding hydrogens is 512 g/mol. The van der Waals surface area contributed by atoms with Crippen molar-refractivity contribution in [2.75, 3.05) is 12.4 Å². The molecule has 12 heteroatoms. The van der Waals surface area contributed by atoms with Gasteiger partial charge in [0, 0.05) is 11.3 Å². The first kappa shape index (κ1) is 28.5. The number of aliphatic imine (C=N–C) groups is 1. The lowest BCUT2D eigenvalue weighted by Crippen LogP contribution is -2.43. The number of carboxylic acids is 1. The highest BCUT2D eigenvalue weighted by Gasteiger charge is 2.36. The number of benzene rings is 2. The Labute approximate surface area is 222 Å². The number of anilines is 1. The molecule has 11 nitrogen and oxygen atoms in total. The summed E-state index contributed by atoms with van der Waals surface area (Å²) in [7, 11) is -0.586. The topological polar surface area (TPSA) is 163 Å². The second-order valence-electron chi connectivity index (χ2n) is 8.57. The minimum Gasteiger partial charge on any atom is -0.481 e. The van der Waals surface area contributed by atoms with E-state index in [0.29, 0.717) is 17.7 Å². The number of ether oxygens (including phenoxy) is 1. The van der Waals surface area contributed by atoms with Crippen LogP contribution in [0.5, 0.6) is 0 Å². The van der Waals surface area contributed by atoms with Gasteiger partial charge in [-0.05, 0) is 43.2 Å². The molecule has 0 heterocycles. The molecule has 3 atom stereocenters. The fourth-order valence-electron chi connectivity index (χ4n) is 4.06. The lowest BCUT2D eigenvalue weighted by Gasteiger charge is -2.27. The average molecular weight is 543 g/mol. The predicted octanol–water partition coefficient (Wildman–Crippen LogP) is 3.55. The number of rotatable bonds is 7. The molecule has 0 saturated heterocycles. The van der Waals surface area contributed by atoms with E-state index in [1.165, 1.54) is 18.2 Å². The Hall–Kier alpha value is -4.06. The number of nitrogens with zero attached hydrogens (tertiary/aromatic N) is 1. The Morgan fingerprint density at radius 3 is 2.34 bits per heavy atom. The van der Waals surface area contributed by atoms with Crippen molar-refractivity contribution in [3.63, 3.8) is 0 Å². The van der Waals surface area contributed by atoms with Crippen molar-refractivity contribution in [2.45, 2.75) is 48.8 Å². The van der Waals surface area contributed by atoms with Crippen molar-refractivity contribution in [3.8, 4) is 0 Å². The van der Waals surface area contributed by atoms with E-state index < -0.39 is 46.5 Å². The first-order valence-corrected chi connectivity index (χ1v) is 13.3. The fourth-order valence-corrected chi connectivity index (χ4v) is 5.26. The zero-order valence-electron chi connectivity index (χ0n) is 21.1. The molecule has 3 unspecified atom stereocenters. The van der Waals surface area contributed by atoms with Crippen LogP contribution in [-0.4, -0.2) is 46.3 Å². The highest BCUT2D eigenvalue weighted by Crippen LogP contribution is 2.33. The number of carbonyl (C=O) groups excluding carboxylic acids is 3. The monoisotopic (exact) mass is 542 g/mol. The maximum absolute atomic E-state index is 13.5. The average Bonchev–Trinajstić information content (AvgIpc) is 2.93. The van der Waals surface area contributed by atoms with Gasteiger partial charge in [-0.2, -0.15) is 0 Å². The fraction of sp³-hybridized carbons (Fsp3) is 0.346. The Balaban J connectivity index is 2.00. The van der Waals surface area contributed by atoms with E-state index >= 15 is 0 Å². The number of hydrogen-bond donors (Lipinski definition) is 4. The molecule has 4 N–H and O–H groups in total. The summed E-state index contributed by atoms with van der Waals surface area (Å²) in [5.74, 6) is -3.56. The van der Waals surface area contributed by atoms with E-state index in [1.54, 1.807) is 37.3 Å². The van der Waals surface area contributed by atoms with Crippen LogP contribution in [0.4, 0.5) is 16.2 Å². The summed E-state index contributed by atoms with van der Waals surface area (Å²) in [6.45, 7) is 1.63. The van der Waals surface area contributed by atoms with Crippen molar-refractivity contribution in [3.05, 3.63) is 48.5 Å². The second kappa shape index (κ2) is 13.5. The molecule has 38 heavy (non-hydrogen) atoms. The number of nitrogens with one attached hydrogen (secondary N) is 3. The largest absolute Gasteiger partial charge is 0.481 e. The second-order valence-corrected chi connectivity index (χ2v) is 10.0. The van der Waals surface area contributed by atoms with Crippen LogP contribution in [0.3, 0.4) is 0 Å². The molecule has 1 aliphatic rings. The van der Waals surface area contributed by atoms with Gasteiger partial charge in [-0.25, -0.2) is 14.0 Å². The maximum atomic E-state index is 13.5. The van der Waals surface area contributed by atoms with Gasteiger partial charge in [0.1, 0.15) is 0 Å². The lowest BCUT2D eigenvalue weighted by atomic mass is 9.78. The lowest BCUT2D eigenvalue weighted by molar-refractivity contribution is -0.147. The number of carboxylic acid groups (broad SMARTS) is 1. The highest BCUT2D eigenvalue weighted by atomic mass is 32.2. The molecule has 3 amide bonds. The van der Waals surface area contributed by atoms with E-state index in [4.69, 9.17) is 0 Å². The van der Waals surface area contributed by atoms with Gasteiger partial charge in [0.2, 0.25) is 17.8 Å². The molecule has 202 valence electrons. The van der Waals surface area contributed by atoms with Crippen LogP contribution in [0.1, 0.15) is 39.0 Å². The Morgan fingerprint density at radius 2 is 1.71 bits per heavy atom. The standard InChI is InChI=1S/C26H30N4O7S/c1-3-22(31)29-25(30-26(35)37-2)27-16-13-14-20(21(15-16)38(36)17-9-5-4-6-10-17)28-23(32)18-11-7-8-12-19(18)24(33)34/h4-6,9-10,13-15,18-19H,3,7-8,11-12H2,1-2H3,(H,28,32)(H,33,34)(H2,27,29,30,31,35). The molecule has 0 bridgehead atoms. The van der Waals surface area contributed by atoms with Crippen molar-refractivity contribution < 1.29 is 33.2 Å². The number of alkyl carbamates (subject to hydrolysis) is 1. The van der Waals surface area contributed by atoms with E-state index in [9.17, 15) is 28.5 Å². The van der Waals surface area contributed by atoms with Crippen molar-refractivity contribution in [2.24, 2.45) is 16.8 Å². The van der Waals surface area contributed by atoms with Gasteiger partial charge in [0.15, 0.2) is 0 Å². The number of carbonyl (C=O) groups is 4. The first-order chi connectivity index (χ1) is 18.2. The minimum absolute atomic E-state index is 0.134. The van der Waals surface area contributed by atoms with Crippen molar-refractivity contribution >= 4 is 52.0 Å². The van der Waals surface area contributed by atoms with E-state index in [2.05, 4.69) is 25.7 Å². The minimum atomic E-state index is -1.75. The third-order valence-corrected chi connectivity index (χ3v) is 7.46. The van der Waals surface area contributed by atoms with Crippen LogP contribution in [-0.2, 0) is 29.9 Å². The Bertz CT molecular complexity index is 1230. The number of amides is 3. The van der Waals surface area contributed by atoms with Crippen LogP contribution in [0.25, 0.3) is 0 Å². The molecule has 3 rings (SSSR count). The number of methoxy groups -OCH3 is 1. The summed E-state index contributed by atoms with van der Waals surface area (Å²) in [5, 5.41) is 17.1. The molecule has 0 spiro atoms. The van der Waals surface area contributed by atoms with E-state index in [1.807, 2.05) is 0 Å². The molecule has 0 aromatic heterocycles. The summed E-state index contributed by atoms with van der Waals surface area (Å²) < 4.78 is 18.1. The number of guanidine groups is 1. The zero-order chi connectivity index (χ0) is 27.7. The van der Waals surface area contributed by atoms with Gasteiger partial charge >= 0.3 is 12.1 Å². The summed E-state index contributed by atoms with van der Waals surface area (Å²) in [5.41, 5.74) is 0.470. The maximum Gasteiger partial charge on any atom is 0.413 e. The molecule has 1 saturated carbocycles. The highest BCUT2D eigenvalue weighted by molar-refractivity contribution is 7.85. The third kappa shape index (κ3) is 7.48. The zero-order valence-corrected chi connectivity index (χ0v) is 21.9. The molecule has 0 radical (unpaired) electrons.